The van der Waals surface area contributed by atoms with Crippen LogP contribution in [0.1, 0.15) is 5.56 Å². The molecule has 0 saturated carbocycles. The van der Waals surface area contributed by atoms with Gasteiger partial charge in [-0.2, -0.15) is 0 Å². The fraction of sp³-hybridized carbons (Fsp3) is 0.167. The summed E-state index contributed by atoms with van der Waals surface area (Å²) in [6.45, 7) is 4.79. The molecule has 2 aromatic rings. The molecule has 0 aliphatic rings. The molecule has 6 heteroatoms. The lowest BCUT2D eigenvalue weighted by molar-refractivity contribution is 0.363. The van der Waals surface area contributed by atoms with Gasteiger partial charge in [-0.15, -0.1) is 0 Å². The van der Waals surface area contributed by atoms with Crippen molar-refractivity contribution in [2.75, 3.05) is 19.0 Å². The van der Waals surface area contributed by atoms with Crippen molar-refractivity contribution in [3.8, 4) is 5.75 Å². The Morgan fingerprint density at radius 3 is 2.42 bits per heavy atom. The Morgan fingerprint density at radius 1 is 1.21 bits per heavy atom. The first-order valence-corrected chi connectivity index (χ1v) is 8.45. The molecule has 126 valence electrons. The molecule has 0 atom stereocenters. The highest BCUT2D eigenvalue weighted by Gasteiger charge is 2.07. The fourth-order valence-corrected chi connectivity index (χ4v) is 2.75. The SMILES string of the molecule is C=CCOc1ccc(CN(C)C(=S)Nc2cc(Cl)cc(Cl)c2)cc1. The number of hydrogen-bond donors (Lipinski definition) is 1. The van der Waals surface area contributed by atoms with Crippen molar-refractivity contribution >= 4 is 46.2 Å². The van der Waals surface area contributed by atoms with E-state index in [0.29, 0.717) is 28.3 Å². The van der Waals surface area contributed by atoms with Crippen LogP contribution in [-0.2, 0) is 6.54 Å². The number of hydrogen-bond acceptors (Lipinski definition) is 2. The molecule has 0 aliphatic heterocycles. The lowest BCUT2D eigenvalue weighted by Gasteiger charge is -2.21. The summed E-state index contributed by atoms with van der Waals surface area (Å²) in [5.41, 5.74) is 1.88. The van der Waals surface area contributed by atoms with Crippen LogP contribution in [0.3, 0.4) is 0 Å². The maximum absolute atomic E-state index is 5.99. The number of halogens is 2. The number of nitrogens with one attached hydrogen (secondary N) is 1. The molecule has 0 radical (unpaired) electrons. The monoisotopic (exact) mass is 380 g/mol. The van der Waals surface area contributed by atoms with E-state index in [1.165, 1.54) is 0 Å². The Hall–Kier alpha value is -1.75. The van der Waals surface area contributed by atoms with Crippen LogP contribution in [0.4, 0.5) is 5.69 Å². The highest BCUT2D eigenvalue weighted by atomic mass is 35.5. The molecule has 0 aliphatic carbocycles. The Bertz CT molecular complexity index is 699. The highest BCUT2D eigenvalue weighted by molar-refractivity contribution is 7.80. The van der Waals surface area contributed by atoms with E-state index in [0.717, 1.165) is 17.0 Å². The largest absolute Gasteiger partial charge is 0.490 e. The minimum atomic E-state index is 0.495. The van der Waals surface area contributed by atoms with Crippen molar-refractivity contribution in [3.63, 3.8) is 0 Å². The molecule has 2 aromatic carbocycles. The second kappa shape index (κ2) is 8.92. The first-order valence-electron chi connectivity index (χ1n) is 7.29. The fourth-order valence-electron chi connectivity index (χ4n) is 2.04. The van der Waals surface area contributed by atoms with E-state index in [1.807, 2.05) is 36.2 Å². The molecule has 0 fully saturated rings. The number of ether oxygens (including phenoxy) is 1. The number of benzene rings is 2. The lowest BCUT2D eigenvalue weighted by Crippen LogP contribution is -2.30. The van der Waals surface area contributed by atoms with Crippen LogP contribution in [0.25, 0.3) is 0 Å². The molecule has 0 saturated heterocycles. The third-order valence-corrected chi connectivity index (χ3v) is 4.02. The van der Waals surface area contributed by atoms with E-state index < -0.39 is 0 Å². The van der Waals surface area contributed by atoms with E-state index in [1.54, 1.807) is 24.3 Å². The maximum atomic E-state index is 5.99. The minimum Gasteiger partial charge on any atom is -0.490 e. The van der Waals surface area contributed by atoms with Gasteiger partial charge in [0.05, 0.1) is 0 Å². The van der Waals surface area contributed by atoms with Gasteiger partial charge in [0, 0.05) is 29.3 Å². The van der Waals surface area contributed by atoms with Crippen LogP contribution in [0.2, 0.25) is 10.0 Å². The van der Waals surface area contributed by atoms with Crippen molar-refractivity contribution in [1.82, 2.24) is 4.90 Å². The third kappa shape index (κ3) is 5.71. The van der Waals surface area contributed by atoms with E-state index in [4.69, 9.17) is 40.2 Å². The maximum Gasteiger partial charge on any atom is 0.173 e. The van der Waals surface area contributed by atoms with Gasteiger partial charge in [-0.05, 0) is 48.1 Å². The van der Waals surface area contributed by atoms with E-state index in [2.05, 4.69) is 11.9 Å². The van der Waals surface area contributed by atoms with Crippen molar-refractivity contribution < 1.29 is 4.74 Å². The first-order chi connectivity index (χ1) is 11.5. The van der Waals surface area contributed by atoms with Crippen LogP contribution in [0.5, 0.6) is 5.75 Å². The second-order valence-corrected chi connectivity index (χ2v) is 6.45. The number of nitrogens with zero attached hydrogens (tertiary/aromatic N) is 1. The van der Waals surface area contributed by atoms with E-state index >= 15 is 0 Å². The molecule has 0 aromatic heterocycles. The molecule has 0 bridgehead atoms. The Kier molecular flexibility index (Phi) is 6.91. The zero-order valence-corrected chi connectivity index (χ0v) is 15.6. The molecular formula is C18H18Cl2N2OS. The summed E-state index contributed by atoms with van der Waals surface area (Å²) in [6, 6.07) is 13.1. The van der Waals surface area contributed by atoms with Crippen molar-refractivity contribution in [3.05, 3.63) is 70.7 Å². The summed E-state index contributed by atoms with van der Waals surface area (Å²) in [5.74, 6) is 0.815. The van der Waals surface area contributed by atoms with Gasteiger partial charge in [-0.3, -0.25) is 0 Å². The summed E-state index contributed by atoms with van der Waals surface area (Å²) in [6.07, 6.45) is 1.72. The summed E-state index contributed by atoms with van der Waals surface area (Å²) < 4.78 is 5.47. The topological polar surface area (TPSA) is 24.5 Å². The van der Waals surface area contributed by atoms with Crippen LogP contribution in [0.15, 0.2) is 55.1 Å². The average Bonchev–Trinajstić information content (AvgIpc) is 2.53. The molecule has 0 amide bonds. The summed E-state index contributed by atoms with van der Waals surface area (Å²) >= 11 is 17.4. The lowest BCUT2D eigenvalue weighted by atomic mass is 10.2. The zero-order valence-electron chi connectivity index (χ0n) is 13.3. The number of anilines is 1. The second-order valence-electron chi connectivity index (χ2n) is 5.19. The van der Waals surface area contributed by atoms with Crippen LogP contribution in [-0.4, -0.2) is 23.7 Å². The quantitative estimate of drug-likeness (QED) is 0.536. The third-order valence-electron chi connectivity index (χ3n) is 3.17. The average molecular weight is 381 g/mol. The van der Waals surface area contributed by atoms with Gasteiger partial charge in [0.25, 0.3) is 0 Å². The summed E-state index contributed by atoms with van der Waals surface area (Å²) in [7, 11) is 1.92. The van der Waals surface area contributed by atoms with Crippen molar-refractivity contribution in [1.29, 1.82) is 0 Å². The Morgan fingerprint density at radius 2 is 1.83 bits per heavy atom. The van der Waals surface area contributed by atoms with Gasteiger partial charge in [0.15, 0.2) is 5.11 Å². The summed E-state index contributed by atoms with van der Waals surface area (Å²) in [4.78, 5) is 1.93. The molecule has 1 N–H and O–H groups in total. The summed E-state index contributed by atoms with van der Waals surface area (Å²) in [5, 5.41) is 4.84. The smallest absolute Gasteiger partial charge is 0.173 e. The minimum absolute atomic E-state index is 0.495. The van der Waals surface area contributed by atoms with E-state index in [-0.39, 0.29) is 0 Å². The van der Waals surface area contributed by atoms with Crippen LogP contribution >= 0.6 is 35.4 Å². The predicted molar refractivity (Wildman–Crippen MR) is 106 cm³/mol. The van der Waals surface area contributed by atoms with Gasteiger partial charge in [0.2, 0.25) is 0 Å². The molecule has 0 heterocycles. The number of rotatable bonds is 6. The molecule has 2 rings (SSSR count). The van der Waals surface area contributed by atoms with Gasteiger partial charge in [-0.25, -0.2) is 0 Å². The normalized spacial score (nSPS) is 10.1. The molecule has 0 unspecified atom stereocenters. The van der Waals surface area contributed by atoms with Gasteiger partial charge >= 0.3 is 0 Å². The molecular weight excluding hydrogens is 363 g/mol. The first kappa shape index (κ1) is 18.6. The van der Waals surface area contributed by atoms with E-state index in [9.17, 15) is 0 Å². The molecule has 3 nitrogen and oxygen atoms in total. The highest BCUT2D eigenvalue weighted by Crippen LogP contribution is 2.23. The molecule has 0 spiro atoms. The van der Waals surface area contributed by atoms with Crippen molar-refractivity contribution in [2.45, 2.75) is 6.54 Å². The zero-order chi connectivity index (χ0) is 17.5. The molecule has 24 heavy (non-hydrogen) atoms. The van der Waals surface area contributed by atoms with Crippen molar-refractivity contribution in [2.24, 2.45) is 0 Å². The number of thiocarbonyl (C=S) groups is 1. The Labute approximate surface area is 157 Å². The Balaban J connectivity index is 1.94. The predicted octanol–water partition coefficient (Wildman–Crippen LogP) is 5.39. The van der Waals surface area contributed by atoms with Gasteiger partial charge in [-0.1, -0.05) is 48.0 Å². The van der Waals surface area contributed by atoms with Crippen LogP contribution in [0, 0.1) is 0 Å². The van der Waals surface area contributed by atoms with Gasteiger partial charge in [0.1, 0.15) is 12.4 Å². The van der Waals surface area contributed by atoms with Crippen LogP contribution < -0.4 is 10.1 Å². The van der Waals surface area contributed by atoms with Gasteiger partial charge < -0.3 is 15.0 Å². The standard InChI is InChI=1S/C18H18Cl2N2OS/c1-3-8-23-17-6-4-13(5-7-17)12-22(2)18(24)21-16-10-14(19)9-15(20)11-16/h3-7,9-11H,1,8,12H2,2H3,(H,21,24).